The van der Waals surface area contributed by atoms with Crippen LogP contribution in [-0.2, 0) is 4.79 Å². The van der Waals surface area contributed by atoms with Crippen LogP contribution in [0, 0.1) is 0 Å². The van der Waals surface area contributed by atoms with E-state index in [1.54, 1.807) is 24.3 Å². The van der Waals surface area contributed by atoms with Crippen LogP contribution in [0.2, 0.25) is 0 Å². The number of hydrogen-bond donors (Lipinski definition) is 2. The molecule has 112 valence electrons. The number of rotatable bonds is 10. The first-order valence-corrected chi connectivity index (χ1v) is 8.01. The van der Waals surface area contributed by atoms with E-state index < -0.39 is 5.54 Å². The molecule has 20 heavy (non-hydrogen) atoms. The van der Waals surface area contributed by atoms with E-state index in [0.29, 0.717) is 0 Å². The molecule has 1 unspecified atom stereocenters. The van der Waals surface area contributed by atoms with Crippen LogP contribution < -0.4 is 11.1 Å². The molecule has 0 aliphatic heterocycles. The summed E-state index contributed by atoms with van der Waals surface area (Å²) in [5.41, 5.74) is 4.91. The summed E-state index contributed by atoms with van der Waals surface area (Å²) in [5.74, 6) is 0.717. The molecular weight excluding hydrogens is 272 g/mol. The molecule has 1 heterocycles. The third kappa shape index (κ3) is 5.88. The second-order valence-corrected chi connectivity index (χ2v) is 6.09. The molecule has 1 aromatic heterocycles. The SMILES string of the molecule is CCCNC(C)(CCCCSc1ccncn1)C(N)=O. The van der Waals surface area contributed by atoms with Crippen molar-refractivity contribution in [2.24, 2.45) is 5.73 Å². The standard InChI is InChI=1S/C14H24N4OS/c1-3-8-18-14(2,13(15)19)7-4-5-10-20-12-6-9-16-11-17-12/h6,9,11,18H,3-5,7-8,10H2,1-2H3,(H2,15,19). The van der Waals surface area contributed by atoms with Gasteiger partial charge in [-0.15, -0.1) is 11.8 Å². The molecular formula is C14H24N4OS. The van der Waals surface area contributed by atoms with Crippen molar-refractivity contribution in [1.82, 2.24) is 15.3 Å². The Morgan fingerprint density at radius 3 is 2.90 bits per heavy atom. The molecule has 0 aliphatic carbocycles. The van der Waals surface area contributed by atoms with Crippen molar-refractivity contribution in [3.05, 3.63) is 18.6 Å². The number of nitrogens with two attached hydrogens (primary N) is 1. The third-order valence-corrected chi connectivity index (χ3v) is 4.21. The fraction of sp³-hybridized carbons (Fsp3) is 0.643. The van der Waals surface area contributed by atoms with Gasteiger partial charge in [-0.1, -0.05) is 13.3 Å². The lowest BCUT2D eigenvalue weighted by Crippen LogP contribution is -2.53. The zero-order valence-corrected chi connectivity index (χ0v) is 13.1. The lowest BCUT2D eigenvalue weighted by Gasteiger charge is -2.27. The number of amides is 1. The minimum absolute atomic E-state index is 0.269. The highest BCUT2D eigenvalue weighted by Crippen LogP contribution is 2.19. The van der Waals surface area contributed by atoms with E-state index >= 15 is 0 Å². The van der Waals surface area contributed by atoms with Gasteiger partial charge in [0.25, 0.3) is 0 Å². The Kier molecular flexibility index (Phi) is 7.54. The highest BCUT2D eigenvalue weighted by molar-refractivity contribution is 7.99. The Bertz CT molecular complexity index is 401. The maximum absolute atomic E-state index is 11.5. The van der Waals surface area contributed by atoms with Crippen LogP contribution >= 0.6 is 11.8 Å². The lowest BCUT2D eigenvalue weighted by molar-refractivity contribution is -0.124. The van der Waals surface area contributed by atoms with E-state index in [-0.39, 0.29) is 5.91 Å². The molecule has 1 amide bonds. The van der Waals surface area contributed by atoms with Crippen LogP contribution in [-0.4, -0.2) is 33.7 Å². The van der Waals surface area contributed by atoms with Gasteiger partial charge >= 0.3 is 0 Å². The number of aromatic nitrogens is 2. The molecule has 0 aliphatic rings. The van der Waals surface area contributed by atoms with Gasteiger partial charge in [0.05, 0.1) is 10.6 Å². The average Bonchev–Trinajstić information content (AvgIpc) is 2.45. The summed E-state index contributed by atoms with van der Waals surface area (Å²) < 4.78 is 0. The molecule has 0 saturated heterocycles. The van der Waals surface area contributed by atoms with Crippen molar-refractivity contribution in [3.8, 4) is 0 Å². The Labute approximate surface area is 125 Å². The zero-order valence-electron chi connectivity index (χ0n) is 12.3. The first kappa shape index (κ1) is 16.9. The van der Waals surface area contributed by atoms with Gasteiger partial charge < -0.3 is 11.1 Å². The molecule has 0 fully saturated rings. The number of nitrogens with zero attached hydrogens (tertiary/aromatic N) is 2. The third-order valence-electron chi connectivity index (χ3n) is 3.18. The monoisotopic (exact) mass is 296 g/mol. The molecule has 3 N–H and O–H groups in total. The summed E-state index contributed by atoms with van der Waals surface area (Å²) in [4.78, 5) is 19.6. The van der Waals surface area contributed by atoms with E-state index in [1.165, 1.54) is 0 Å². The van der Waals surface area contributed by atoms with Crippen LogP contribution in [0.1, 0.15) is 39.5 Å². The number of primary amides is 1. The van der Waals surface area contributed by atoms with Crippen molar-refractivity contribution < 1.29 is 4.79 Å². The lowest BCUT2D eigenvalue weighted by atomic mass is 9.94. The molecule has 5 nitrogen and oxygen atoms in total. The summed E-state index contributed by atoms with van der Waals surface area (Å²) in [7, 11) is 0. The summed E-state index contributed by atoms with van der Waals surface area (Å²) in [6.45, 7) is 4.78. The van der Waals surface area contributed by atoms with Gasteiger partial charge in [0.15, 0.2) is 0 Å². The minimum atomic E-state index is -0.588. The maximum atomic E-state index is 11.5. The van der Waals surface area contributed by atoms with Gasteiger partial charge in [-0.05, 0) is 44.6 Å². The summed E-state index contributed by atoms with van der Waals surface area (Å²) >= 11 is 1.71. The van der Waals surface area contributed by atoms with Crippen molar-refractivity contribution >= 4 is 17.7 Å². The number of nitrogens with one attached hydrogen (secondary N) is 1. The summed E-state index contributed by atoms with van der Waals surface area (Å²) in [6.07, 6.45) is 7.06. The Morgan fingerprint density at radius 1 is 1.50 bits per heavy atom. The number of thioether (sulfide) groups is 1. The predicted molar refractivity (Wildman–Crippen MR) is 82.5 cm³/mol. The second-order valence-electron chi connectivity index (χ2n) is 4.98. The molecule has 0 radical (unpaired) electrons. The zero-order chi connectivity index (χ0) is 14.8. The number of hydrogen-bond acceptors (Lipinski definition) is 5. The van der Waals surface area contributed by atoms with E-state index in [1.807, 2.05) is 13.0 Å². The number of carbonyl (C=O) groups is 1. The maximum Gasteiger partial charge on any atom is 0.237 e. The van der Waals surface area contributed by atoms with Crippen LogP contribution in [0.4, 0.5) is 0 Å². The topological polar surface area (TPSA) is 80.9 Å². The molecule has 0 saturated carbocycles. The Balaban J connectivity index is 2.25. The molecule has 0 aromatic carbocycles. The Morgan fingerprint density at radius 2 is 2.30 bits per heavy atom. The summed E-state index contributed by atoms with van der Waals surface area (Å²) in [6, 6.07) is 1.90. The van der Waals surface area contributed by atoms with Crippen molar-refractivity contribution in [2.75, 3.05) is 12.3 Å². The van der Waals surface area contributed by atoms with E-state index in [4.69, 9.17) is 5.73 Å². The normalized spacial score (nSPS) is 13.9. The smallest absolute Gasteiger partial charge is 0.237 e. The van der Waals surface area contributed by atoms with Crippen LogP contribution in [0.3, 0.4) is 0 Å². The molecule has 1 rings (SSSR count). The van der Waals surface area contributed by atoms with Crippen molar-refractivity contribution in [2.45, 2.75) is 50.1 Å². The van der Waals surface area contributed by atoms with E-state index in [2.05, 4.69) is 22.2 Å². The van der Waals surface area contributed by atoms with Gasteiger partial charge in [0, 0.05) is 6.20 Å². The Hall–Kier alpha value is -1.14. The van der Waals surface area contributed by atoms with Gasteiger partial charge in [-0.2, -0.15) is 0 Å². The quantitative estimate of drug-likeness (QED) is 0.392. The highest BCUT2D eigenvalue weighted by Gasteiger charge is 2.29. The largest absolute Gasteiger partial charge is 0.368 e. The van der Waals surface area contributed by atoms with Crippen LogP contribution in [0.5, 0.6) is 0 Å². The van der Waals surface area contributed by atoms with Crippen molar-refractivity contribution in [3.63, 3.8) is 0 Å². The van der Waals surface area contributed by atoms with Gasteiger partial charge in [-0.3, -0.25) is 4.79 Å². The first-order valence-electron chi connectivity index (χ1n) is 7.02. The average molecular weight is 296 g/mol. The van der Waals surface area contributed by atoms with Gasteiger partial charge in [0.2, 0.25) is 5.91 Å². The fourth-order valence-electron chi connectivity index (χ4n) is 1.82. The minimum Gasteiger partial charge on any atom is -0.368 e. The second kappa shape index (κ2) is 8.92. The van der Waals surface area contributed by atoms with Crippen molar-refractivity contribution in [1.29, 1.82) is 0 Å². The van der Waals surface area contributed by atoms with Crippen LogP contribution in [0.15, 0.2) is 23.6 Å². The van der Waals surface area contributed by atoms with Crippen LogP contribution in [0.25, 0.3) is 0 Å². The first-order chi connectivity index (χ1) is 9.58. The fourth-order valence-corrected chi connectivity index (χ4v) is 2.66. The number of carbonyl (C=O) groups excluding carboxylic acids is 1. The summed E-state index contributed by atoms with van der Waals surface area (Å²) in [5, 5.41) is 4.24. The highest BCUT2D eigenvalue weighted by atomic mass is 32.2. The molecule has 1 aromatic rings. The predicted octanol–water partition coefficient (Wildman–Crippen LogP) is 1.98. The van der Waals surface area contributed by atoms with E-state index in [9.17, 15) is 4.79 Å². The van der Waals surface area contributed by atoms with Gasteiger partial charge in [0.1, 0.15) is 6.33 Å². The molecule has 6 heteroatoms. The molecule has 0 spiro atoms. The molecule has 0 bridgehead atoms. The van der Waals surface area contributed by atoms with E-state index in [0.717, 1.165) is 43.0 Å². The molecule has 1 atom stereocenters. The van der Waals surface area contributed by atoms with Gasteiger partial charge in [-0.25, -0.2) is 9.97 Å². The number of unbranched alkanes of at least 4 members (excludes halogenated alkanes) is 1.